The summed E-state index contributed by atoms with van der Waals surface area (Å²) >= 11 is 0. The van der Waals surface area contributed by atoms with Gasteiger partial charge in [-0.3, -0.25) is 19.6 Å². The number of nitro benzene ring substituents is 1. The number of carbonyl (C=O) groups is 1. The van der Waals surface area contributed by atoms with Gasteiger partial charge in [-0.1, -0.05) is 23.8 Å². The minimum atomic E-state index is -3.86. The van der Waals surface area contributed by atoms with Gasteiger partial charge in [-0.25, -0.2) is 8.42 Å². The van der Waals surface area contributed by atoms with Crippen LogP contribution in [0.1, 0.15) is 21.5 Å². The minimum absolute atomic E-state index is 0.0960. The van der Waals surface area contributed by atoms with E-state index in [1.807, 2.05) is 6.92 Å². The van der Waals surface area contributed by atoms with Crippen molar-refractivity contribution in [3.63, 3.8) is 0 Å². The second-order valence-electron chi connectivity index (χ2n) is 6.99. The Bertz CT molecular complexity index is 1290. The molecule has 3 aromatic rings. The number of nitro groups is 1. The summed E-state index contributed by atoms with van der Waals surface area (Å²) in [5, 5.41) is 13.7. The topological polar surface area (TPSA) is 128 Å². The van der Waals surface area contributed by atoms with E-state index in [1.165, 1.54) is 43.5 Å². The first kappa shape index (κ1) is 22.8. The van der Waals surface area contributed by atoms with Crippen molar-refractivity contribution in [2.24, 2.45) is 0 Å². The number of methoxy groups -OCH3 is 1. The van der Waals surface area contributed by atoms with Gasteiger partial charge in [0.1, 0.15) is 5.75 Å². The van der Waals surface area contributed by atoms with Gasteiger partial charge < -0.3 is 10.1 Å². The Labute approximate surface area is 185 Å². The maximum Gasteiger partial charge on any atom is 0.271 e. The van der Waals surface area contributed by atoms with Gasteiger partial charge in [0.2, 0.25) is 0 Å². The monoisotopic (exact) mass is 455 g/mol. The lowest BCUT2D eigenvalue weighted by molar-refractivity contribution is -0.384. The number of aryl methyl sites for hydroxylation is 1. The van der Waals surface area contributed by atoms with Crippen LogP contribution in [0.5, 0.6) is 5.75 Å². The van der Waals surface area contributed by atoms with Gasteiger partial charge in [-0.05, 0) is 49.7 Å². The van der Waals surface area contributed by atoms with E-state index in [4.69, 9.17) is 4.74 Å². The molecule has 0 atom stereocenters. The Morgan fingerprint density at radius 1 is 1.00 bits per heavy atom. The number of rotatable bonds is 7. The second kappa shape index (κ2) is 9.06. The van der Waals surface area contributed by atoms with Crippen molar-refractivity contribution in [1.82, 2.24) is 0 Å². The highest BCUT2D eigenvalue weighted by Crippen LogP contribution is 2.30. The van der Waals surface area contributed by atoms with Crippen LogP contribution in [-0.4, -0.2) is 26.4 Å². The van der Waals surface area contributed by atoms with Crippen molar-refractivity contribution in [2.75, 3.05) is 17.1 Å². The molecule has 1 amide bonds. The molecule has 0 fully saturated rings. The van der Waals surface area contributed by atoms with Crippen LogP contribution >= 0.6 is 0 Å². The third kappa shape index (κ3) is 4.86. The fourth-order valence-electron chi connectivity index (χ4n) is 3.01. The molecule has 0 aliphatic carbocycles. The average Bonchev–Trinajstić information content (AvgIpc) is 2.75. The summed E-state index contributed by atoms with van der Waals surface area (Å²) in [7, 11) is -2.48. The molecule has 0 bridgehead atoms. The molecule has 0 radical (unpaired) electrons. The van der Waals surface area contributed by atoms with E-state index in [0.717, 1.165) is 5.56 Å². The number of nitrogens with zero attached hydrogens (tertiary/aromatic N) is 1. The number of nitrogens with one attached hydrogen (secondary N) is 2. The lowest BCUT2D eigenvalue weighted by Gasteiger charge is -2.15. The highest BCUT2D eigenvalue weighted by atomic mass is 32.2. The molecule has 0 spiro atoms. The number of sulfonamides is 1. The average molecular weight is 455 g/mol. The summed E-state index contributed by atoms with van der Waals surface area (Å²) in [6, 6.07) is 14.8. The molecule has 2 N–H and O–H groups in total. The number of carbonyl (C=O) groups excluding carboxylic acids is 1. The van der Waals surface area contributed by atoms with Gasteiger partial charge in [0, 0.05) is 17.7 Å². The summed E-state index contributed by atoms with van der Waals surface area (Å²) in [6.07, 6.45) is 0. The lowest BCUT2D eigenvalue weighted by atomic mass is 10.1. The van der Waals surface area contributed by atoms with Crippen LogP contribution in [0, 0.1) is 24.0 Å². The van der Waals surface area contributed by atoms with Crippen LogP contribution < -0.4 is 14.8 Å². The first-order chi connectivity index (χ1) is 15.1. The van der Waals surface area contributed by atoms with Crippen LogP contribution in [0.15, 0.2) is 65.6 Å². The summed E-state index contributed by atoms with van der Waals surface area (Å²) in [5.74, 6) is -0.324. The van der Waals surface area contributed by atoms with Crippen LogP contribution in [0.4, 0.5) is 17.1 Å². The normalized spacial score (nSPS) is 11.0. The molecule has 0 heterocycles. The standard InChI is InChI=1S/C22H21N3O6S/c1-14-7-10-17(11-8-14)32(29,30)24-19-6-4-5-18(15(19)2)22(26)23-20-13-16(25(27)28)9-12-21(20)31-3/h4-13,24H,1-3H3,(H,23,26). The first-order valence-corrected chi connectivity index (χ1v) is 10.9. The van der Waals surface area contributed by atoms with E-state index >= 15 is 0 Å². The van der Waals surface area contributed by atoms with E-state index in [2.05, 4.69) is 10.0 Å². The van der Waals surface area contributed by atoms with E-state index in [9.17, 15) is 23.3 Å². The van der Waals surface area contributed by atoms with Crippen molar-refractivity contribution in [3.8, 4) is 5.75 Å². The first-order valence-electron chi connectivity index (χ1n) is 9.45. The van der Waals surface area contributed by atoms with Crippen LogP contribution in [-0.2, 0) is 10.0 Å². The maximum atomic E-state index is 12.9. The lowest BCUT2D eigenvalue weighted by Crippen LogP contribution is -2.17. The number of non-ortho nitro benzene ring substituents is 1. The Morgan fingerprint density at radius 3 is 2.31 bits per heavy atom. The molecule has 3 aromatic carbocycles. The predicted octanol–water partition coefficient (Wildman–Crippen LogP) is 4.27. The van der Waals surface area contributed by atoms with Crippen molar-refractivity contribution < 1.29 is 22.9 Å². The van der Waals surface area contributed by atoms with E-state index in [1.54, 1.807) is 31.2 Å². The molecule has 10 heteroatoms. The largest absolute Gasteiger partial charge is 0.495 e. The fraction of sp³-hybridized carbons (Fsp3) is 0.136. The third-order valence-electron chi connectivity index (χ3n) is 4.80. The van der Waals surface area contributed by atoms with E-state index in [0.29, 0.717) is 5.56 Å². The summed E-state index contributed by atoms with van der Waals surface area (Å²) < 4.78 is 33.1. The van der Waals surface area contributed by atoms with E-state index in [-0.39, 0.29) is 33.3 Å². The van der Waals surface area contributed by atoms with Crippen LogP contribution in [0.25, 0.3) is 0 Å². The number of ether oxygens (including phenoxy) is 1. The molecule has 0 saturated heterocycles. The summed E-state index contributed by atoms with van der Waals surface area (Å²) in [4.78, 5) is 23.5. The number of amides is 1. The highest BCUT2D eigenvalue weighted by Gasteiger charge is 2.20. The predicted molar refractivity (Wildman–Crippen MR) is 121 cm³/mol. The summed E-state index contributed by atoms with van der Waals surface area (Å²) in [6.45, 7) is 3.46. The Balaban J connectivity index is 1.90. The smallest absolute Gasteiger partial charge is 0.271 e. The van der Waals surface area contributed by atoms with Gasteiger partial charge in [-0.2, -0.15) is 0 Å². The molecular formula is C22H21N3O6S. The molecular weight excluding hydrogens is 434 g/mol. The van der Waals surface area contributed by atoms with Crippen LogP contribution in [0.3, 0.4) is 0 Å². The van der Waals surface area contributed by atoms with Gasteiger partial charge >= 0.3 is 0 Å². The SMILES string of the molecule is COc1ccc([N+](=O)[O-])cc1NC(=O)c1cccc(NS(=O)(=O)c2ccc(C)cc2)c1C. The van der Waals surface area contributed by atoms with Gasteiger partial charge in [0.05, 0.1) is 28.3 Å². The Morgan fingerprint density at radius 2 is 1.69 bits per heavy atom. The van der Waals surface area contributed by atoms with Crippen molar-refractivity contribution in [1.29, 1.82) is 0 Å². The van der Waals surface area contributed by atoms with Crippen LogP contribution in [0.2, 0.25) is 0 Å². The van der Waals surface area contributed by atoms with Crippen molar-refractivity contribution in [3.05, 3.63) is 87.5 Å². The van der Waals surface area contributed by atoms with E-state index < -0.39 is 20.9 Å². The third-order valence-corrected chi connectivity index (χ3v) is 6.18. The number of hydrogen-bond acceptors (Lipinski definition) is 6. The van der Waals surface area contributed by atoms with Gasteiger partial charge in [-0.15, -0.1) is 0 Å². The zero-order valence-electron chi connectivity index (χ0n) is 17.6. The Hall–Kier alpha value is -3.92. The second-order valence-corrected chi connectivity index (χ2v) is 8.67. The maximum absolute atomic E-state index is 12.9. The highest BCUT2D eigenvalue weighted by molar-refractivity contribution is 7.92. The number of hydrogen-bond donors (Lipinski definition) is 2. The number of anilines is 2. The van der Waals surface area contributed by atoms with Gasteiger partial charge in [0.25, 0.3) is 21.6 Å². The molecule has 32 heavy (non-hydrogen) atoms. The molecule has 0 unspecified atom stereocenters. The van der Waals surface area contributed by atoms with Crippen molar-refractivity contribution >= 4 is 33.0 Å². The minimum Gasteiger partial charge on any atom is -0.495 e. The zero-order valence-corrected chi connectivity index (χ0v) is 18.4. The number of benzene rings is 3. The molecule has 3 rings (SSSR count). The zero-order chi connectivity index (χ0) is 23.5. The van der Waals surface area contributed by atoms with Crippen molar-refractivity contribution in [2.45, 2.75) is 18.7 Å². The molecule has 166 valence electrons. The molecule has 0 aliphatic rings. The fourth-order valence-corrected chi connectivity index (χ4v) is 4.13. The summed E-state index contributed by atoms with van der Waals surface area (Å²) in [5.41, 5.74) is 1.67. The molecule has 0 saturated carbocycles. The quantitative estimate of drug-likeness (QED) is 0.404. The molecule has 0 aromatic heterocycles. The molecule has 0 aliphatic heterocycles. The molecule has 9 nitrogen and oxygen atoms in total. The van der Waals surface area contributed by atoms with Gasteiger partial charge in [0.15, 0.2) is 0 Å². The Kier molecular flexibility index (Phi) is 6.45.